The van der Waals surface area contributed by atoms with Gasteiger partial charge in [-0.2, -0.15) is 0 Å². The van der Waals surface area contributed by atoms with E-state index in [2.05, 4.69) is 5.32 Å². The molecule has 1 aliphatic heterocycles. The van der Waals surface area contributed by atoms with Crippen LogP contribution in [0.2, 0.25) is 0 Å². The molecular weight excluding hydrogens is 242 g/mol. The maximum absolute atomic E-state index is 11.9. The third-order valence-corrected chi connectivity index (χ3v) is 2.77. The molecule has 2 rings (SSSR count). The lowest BCUT2D eigenvalue weighted by Gasteiger charge is -2.12. The summed E-state index contributed by atoms with van der Waals surface area (Å²) >= 11 is 5.61. The fourth-order valence-corrected chi connectivity index (χ4v) is 1.91. The minimum absolute atomic E-state index is 0.0606. The van der Waals surface area contributed by atoms with Crippen molar-refractivity contribution in [2.24, 2.45) is 0 Å². The smallest absolute Gasteiger partial charge is 0.251 e. The summed E-state index contributed by atoms with van der Waals surface area (Å²) in [5.41, 5.74) is 0.565. The minimum Gasteiger partial charge on any atom is -0.454 e. The van der Waals surface area contributed by atoms with Crippen molar-refractivity contribution in [2.45, 2.75) is 19.4 Å². The number of carbonyl (C=O) groups excluding carboxylic acids is 1. The normalized spacial score (nSPS) is 14.5. The van der Waals surface area contributed by atoms with Gasteiger partial charge in [-0.05, 0) is 31.5 Å². The van der Waals surface area contributed by atoms with Crippen molar-refractivity contribution in [3.8, 4) is 11.5 Å². The van der Waals surface area contributed by atoms with E-state index in [1.165, 1.54) is 0 Å². The number of carbonyl (C=O) groups is 1. The second kappa shape index (κ2) is 5.27. The third kappa shape index (κ3) is 2.82. The Kier molecular flexibility index (Phi) is 3.74. The summed E-state index contributed by atoms with van der Waals surface area (Å²) < 4.78 is 10.4. The van der Waals surface area contributed by atoms with Crippen molar-refractivity contribution >= 4 is 17.5 Å². The lowest BCUT2D eigenvalue weighted by molar-refractivity contribution is 0.0939. The molecule has 0 spiro atoms. The van der Waals surface area contributed by atoms with Crippen LogP contribution in [0.4, 0.5) is 0 Å². The van der Waals surface area contributed by atoms with Crippen LogP contribution >= 0.6 is 11.6 Å². The van der Waals surface area contributed by atoms with E-state index in [1.54, 1.807) is 18.2 Å². The summed E-state index contributed by atoms with van der Waals surface area (Å²) in [6.07, 6.45) is 0.748. The molecule has 17 heavy (non-hydrogen) atoms. The van der Waals surface area contributed by atoms with Gasteiger partial charge in [-0.25, -0.2) is 0 Å². The van der Waals surface area contributed by atoms with Gasteiger partial charge >= 0.3 is 0 Å². The fourth-order valence-electron chi connectivity index (χ4n) is 1.58. The second-order valence-electron chi connectivity index (χ2n) is 3.92. The van der Waals surface area contributed by atoms with Crippen LogP contribution < -0.4 is 14.8 Å². The largest absolute Gasteiger partial charge is 0.454 e. The van der Waals surface area contributed by atoms with Crippen LogP contribution in [0.15, 0.2) is 18.2 Å². The standard InChI is InChI=1S/C12H14ClNO3/c1-8(4-5-13)14-12(15)9-2-3-10-11(6-9)17-7-16-10/h2-3,6,8H,4-5,7H2,1H3,(H,14,15). The monoisotopic (exact) mass is 255 g/mol. The molecule has 1 aromatic carbocycles. The molecule has 0 fully saturated rings. The van der Waals surface area contributed by atoms with Crippen molar-refractivity contribution in [2.75, 3.05) is 12.7 Å². The molecule has 0 saturated carbocycles. The van der Waals surface area contributed by atoms with E-state index in [9.17, 15) is 4.79 Å². The van der Waals surface area contributed by atoms with Gasteiger partial charge < -0.3 is 14.8 Å². The van der Waals surface area contributed by atoms with E-state index in [0.717, 1.165) is 6.42 Å². The predicted octanol–water partition coefficient (Wildman–Crippen LogP) is 2.16. The number of rotatable bonds is 4. The first kappa shape index (κ1) is 12.0. The number of benzene rings is 1. The first-order chi connectivity index (χ1) is 8.20. The topological polar surface area (TPSA) is 47.6 Å². The molecule has 0 aromatic heterocycles. The number of fused-ring (bicyclic) bond motifs is 1. The Balaban J connectivity index is 2.04. The Morgan fingerprint density at radius 3 is 3.00 bits per heavy atom. The fraction of sp³-hybridized carbons (Fsp3) is 0.417. The maximum Gasteiger partial charge on any atom is 0.251 e. The molecule has 0 aliphatic carbocycles. The SMILES string of the molecule is CC(CCCl)NC(=O)c1ccc2c(c1)OCO2. The van der Waals surface area contributed by atoms with Gasteiger partial charge in [0.25, 0.3) is 5.91 Å². The van der Waals surface area contributed by atoms with E-state index in [4.69, 9.17) is 21.1 Å². The summed E-state index contributed by atoms with van der Waals surface area (Å²) in [4.78, 5) is 11.9. The summed E-state index contributed by atoms with van der Waals surface area (Å²) in [5, 5.41) is 2.87. The first-order valence-electron chi connectivity index (χ1n) is 5.47. The number of hydrogen-bond acceptors (Lipinski definition) is 3. The number of nitrogens with one attached hydrogen (secondary N) is 1. The molecule has 5 heteroatoms. The van der Waals surface area contributed by atoms with Crippen molar-refractivity contribution in [3.63, 3.8) is 0 Å². The van der Waals surface area contributed by atoms with Gasteiger partial charge in [0.1, 0.15) is 0 Å². The highest BCUT2D eigenvalue weighted by Gasteiger charge is 2.16. The summed E-state index contributed by atoms with van der Waals surface area (Å²) in [5.74, 6) is 1.70. The number of ether oxygens (including phenoxy) is 2. The summed E-state index contributed by atoms with van der Waals surface area (Å²) in [6, 6.07) is 5.20. The molecule has 0 radical (unpaired) electrons. The van der Waals surface area contributed by atoms with Crippen LogP contribution in [0.3, 0.4) is 0 Å². The zero-order chi connectivity index (χ0) is 12.3. The Labute approximate surface area is 105 Å². The highest BCUT2D eigenvalue weighted by molar-refractivity contribution is 6.17. The van der Waals surface area contributed by atoms with Crippen molar-refractivity contribution in [1.82, 2.24) is 5.32 Å². The Morgan fingerprint density at radius 1 is 1.47 bits per heavy atom. The van der Waals surface area contributed by atoms with Crippen molar-refractivity contribution in [1.29, 1.82) is 0 Å². The lowest BCUT2D eigenvalue weighted by Crippen LogP contribution is -2.32. The first-order valence-corrected chi connectivity index (χ1v) is 6.00. The third-order valence-electron chi connectivity index (χ3n) is 2.55. The van der Waals surface area contributed by atoms with Gasteiger partial charge in [-0.1, -0.05) is 0 Å². The molecule has 1 heterocycles. The van der Waals surface area contributed by atoms with Crippen LogP contribution in [0.5, 0.6) is 11.5 Å². The van der Waals surface area contributed by atoms with Gasteiger partial charge in [0.05, 0.1) is 0 Å². The highest BCUT2D eigenvalue weighted by atomic mass is 35.5. The zero-order valence-electron chi connectivity index (χ0n) is 9.53. The van der Waals surface area contributed by atoms with Gasteiger partial charge in [0, 0.05) is 17.5 Å². The highest BCUT2D eigenvalue weighted by Crippen LogP contribution is 2.32. The van der Waals surface area contributed by atoms with E-state index in [1.807, 2.05) is 6.92 Å². The van der Waals surface area contributed by atoms with Gasteiger partial charge in [-0.3, -0.25) is 4.79 Å². The van der Waals surface area contributed by atoms with E-state index >= 15 is 0 Å². The van der Waals surface area contributed by atoms with E-state index in [-0.39, 0.29) is 18.7 Å². The predicted molar refractivity (Wildman–Crippen MR) is 64.8 cm³/mol. The van der Waals surface area contributed by atoms with Gasteiger partial charge in [-0.15, -0.1) is 11.6 Å². The lowest BCUT2D eigenvalue weighted by atomic mass is 10.1. The Morgan fingerprint density at radius 2 is 2.24 bits per heavy atom. The van der Waals surface area contributed by atoms with Gasteiger partial charge in [0.15, 0.2) is 11.5 Å². The molecule has 92 valence electrons. The molecule has 0 bridgehead atoms. The molecule has 1 amide bonds. The Hall–Kier alpha value is -1.42. The molecule has 0 saturated heterocycles. The molecular formula is C12H14ClNO3. The van der Waals surface area contributed by atoms with Crippen LogP contribution in [0.1, 0.15) is 23.7 Å². The van der Waals surface area contributed by atoms with E-state index in [0.29, 0.717) is 22.9 Å². The van der Waals surface area contributed by atoms with Crippen molar-refractivity contribution < 1.29 is 14.3 Å². The zero-order valence-corrected chi connectivity index (χ0v) is 10.3. The van der Waals surface area contributed by atoms with Crippen LogP contribution in [-0.4, -0.2) is 24.6 Å². The van der Waals surface area contributed by atoms with Gasteiger partial charge in [0.2, 0.25) is 6.79 Å². The quantitative estimate of drug-likeness (QED) is 0.839. The number of amides is 1. The molecule has 4 nitrogen and oxygen atoms in total. The average Bonchev–Trinajstić information content (AvgIpc) is 2.75. The minimum atomic E-state index is -0.124. The van der Waals surface area contributed by atoms with Crippen LogP contribution in [0.25, 0.3) is 0 Å². The molecule has 1 aliphatic rings. The number of halogens is 1. The maximum atomic E-state index is 11.9. The van der Waals surface area contributed by atoms with Crippen LogP contribution in [0, 0.1) is 0 Å². The number of alkyl halides is 1. The summed E-state index contributed by atoms with van der Waals surface area (Å²) in [6.45, 7) is 2.14. The molecule has 1 aromatic rings. The summed E-state index contributed by atoms with van der Waals surface area (Å²) in [7, 11) is 0. The van der Waals surface area contributed by atoms with Crippen molar-refractivity contribution in [3.05, 3.63) is 23.8 Å². The molecule has 1 N–H and O–H groups in total. The van der Waals surface area contributed by atoms with E-state index < -0.39 is 0 Å². The average molecular weight is 256 g/mol. The molecule has 1 atom stereocenters. The second-order valence-corrected chi connectivity index (χ2v) is 4.30. The number of hydrogen-bond donors (Lipinski definition) is 1. The van der Waals surface area contributed by atoms with Crippen LogP contribution in [-0.2, 0) is 0 Å². The Bertz CT molecular complexity index is 422. The molecule has 1 unspecified atom stereocenters.